The van der Waals surface area contributed by atoms with Crippen LogP contribution in [0.2, 0.25) is 0 Å². The molecule has 0 aliphatic carbocycles. The molecule has 0 unspecified atom stereocenters. The molecular formula is C39H50N2O8. The van der Waals surface area contributed by atoms with Crippen molar-refractivity contribution in [2.75, 3.05) is 80.4 Å². The van der Waals surface area contributed by atoms with Gasteiger partial charge in [0.05, 0.1) is 32.5 Å². The Morgan fingerprint density at radius 1 is 0.796 bits per heavy atom. The van der Waals surface area contributed by atoms with Crippen LogP contribution >= 0.6 is 0 Å². The van der Waals surface area contributed by atoms with Crippen LogP contribution in [0.5, 0.6) is 11.5 Å². The summed E-state index contributed by atoms with van der Waals surface area (Å²) in [7, 11) is 3.23. The molecule has 0 radical (unpaired) electrons. The molecule has 3 aromatic rings. The highest BCUT2D eigenvalue weighted by atomic mass is 16.7. The lowest BCUT2D eigenvalue weighted by molar-refractivity contribution is -0.116. The van der Waals surface area contributed by atoms with Gasteiger partial charge in [0.1, 0.15) is 6.10 Å². The molecule has 1 saturated heterocycles. The summed E-state index contributed by atoms with van der Waals surface area (Å²) >= 11 is 0. The first-order valence-electron chi connectivity index (χ1n) is 16.8. The minimum absolute atomic E-state index is 0.0479. The standard InChI is InChI=1S/C39H50N2O8/c1-43-25-27-45-30-47-36-18-17-32(29-37(36)48-31-46-28-26-44-2)11-9-10-16-38(42)40-21-24-41-22-19-35(20-23-41)49-39(33-12-5-3-6-13-33)34-14-7-4-8-15-34/h3-18,29,35,39H,19-28,30-31H2,1-2H3,(H,40,42). The lowest BCUT2D eigenvalue weighted by Gasteiger charge is -2.34. The van der Waals surface area contributed by atoms with Crippen molar-refractivity contribution in [1.82, 2.24) is 10.2 Å². The molecule has 1 N–H and O–H groups in total. The first-order valence-corrected chi connectivity index (χ1v) is 16.8. The van der Waals surface area contributed by atoms with Gasteiger partial charge in [-0.05, 0) is 41.7 Å². The van der Waals surface area contributed by atoms with Crippen LogP contribution in [-0.2, 0) is 28.5 Å². The maximum absolute atomic E-state index is 12.4. The van der Waals surface area contributed by atoms with Crippen LogP contribution in [0.15, 0.2) is 97.1 Å². The van der Waals surface area contributed by atoms with Gasteiger partial charge in [-0.15, -0.1) is 0 Å². The number of benzene rings is 3. The summed E-state index contributed by atoms with van der Waals surface area (Å²) in [6.07, 6.45) is 8.96. The zero-order chi connectivity index (χ0) is 34.4. The first-order chi connectivity index (χ1) is 24.2. The zero-order valence-electron chi connectivity index (χ0n) is 28.7. The molecule has 264 valence electrons. The van der Waals surface area contributed by atoms with Gasteiger partial charge in [-0.1, -0.05) is 85.0 Å². The van der Waals surface area contributed by atoms with Crippen molar-refractivity contribution in [3.05, 3.63) is 114 Å². The number of piperidine rings is 1. The first kappa shape index (κ1) is 37.8. The van der Waals surface area contributed by atoms with E-state index in [0.717, 1.165) is 38.0 Å². The number of amides is 1. The molecule has 4 rings (SSSR count). The number of carbonyl (C=O) groups excluding carboxylic acids is 1. The Morgan fingerprint density at radius 3 is 2.02 bits per heavy atom. The predicted molar refractivity (Wildman–Crippen MR) is 190 cm³/mol. The fourth-order valence-corrected chi connectivity index (χ4v) is 5.25. The molecule has 49 heavy (non-hydrogen) atoms. The third-order valence-electron chi connectivity index (χ3n) is 7.87. The van der Waals surface area contributed by atoms with E-state index in [0.29, 0.717) is 44.5 Å². The molecule has 0 aromatic heterocycles. The molecule has 0 bridgehead atoms. The largest absolute Gasteiger partial charge is 0.464 e. The lowest BCUT2D eigenvalue weighted by atomic mass is 10.00. The normalized spacial score (nSPS) is 14.2. The maximum Gasteiger partial charge on any atom is 0.244 e. The Bertz CT molecular complexity index is 1360. The summed E-state index contributed by atoms with van der Waals surface area (Å²) in [5.74, 6) is 0.908. The van der Waals surface area contributed by atoms with E-state index >= 15 is 0 Å². The summed E-state index contributed by atoms with van der Waals surface area (Å²) in [6.45, 7) is 5.16. The van der Waals surface area contributed by atoms with Crippen molar-refractivity contribution in [2.45, 2.75) is 25.0 Å². The Morgan fingerprint density at radius 2 is 1.41 bits per heavy atom. The van der Waals surface area contributed by atoms with E-state index in [2.05, 4.69) is 58.7 Å². The smallest absolute Gasteiger partial charge is 0.244 e. The van der Waals surface area contributed by atoms with E-state index in [9.17, 15) is 4.79 Å². The number of ether oxygens (including phenoxy) is 7. The number of allylic oxidation sites excluding steroid dienone is 2. The predicted octanol–water partition coefficient (Wildman–Crippen LogP) is 5.64. The quantitative estimate of drug-likeness (QED) is 0.0629. The van der Waals surface area contributed by atoms with Crippen molar-refractivity contribution in [3.8, 4) is 11.5 Å². The van der Waals surface area contributed by atoms with Crippen molar-refractivity contribution in [2.24, 2.45) is 0 Å². The van der Waals surface area contributed by atoms with Crippen molar-refractivity contribution in [1.29, 1.82) is 0 Å². The number of rotatable bonds is 22. The Labute approximate surface area is 290 Å². The van der Waals surface area contributed by atoms with E-state index in [1.807, 2.05) is 36.4 Å². The molecule has 10 heteroatoms. The van der Waals surface area contributed by atoms with Crippen LogP contribution in [-0.4, -0.2) is 97.3 Å². The highest BCUT2D eigenvalue weighted by Crippen LogP contribution is 2.31. The van der Waals surface area contributed by atoms with Gasteiger partial charge in [0.2, 0.25) is 5.91 Å². The zero-order valence-corrected chi connectivity index (χ0v) is 28.7. The van der Waals surface area contributed by atoms with Gasteiger partial charge in [-0.2, -0.15) is 0 Å². The van der Waals surface area contributed by atoms with Crippen molar-refractivity contribution < 1.29 is 38.0 Å². The number of likely N-dealkylation sites (tertiary alicyclic amines) is 1. The molecule has 10 nitrogen and oxygen atoms in total. The number of hydrogen-bond acceptors (Lipinski definition) is 9. The van der Waals surface area contributed by atoms with E-state index < -0.39 is 0 Å². The fraction of sp³-hybridized carbons (Fsp3) is 0.410. The molecule has 0 saturated carbocycles. The van der Waals surface area contributed by atoms with Crippen LogP contribution in [0.4, 0.5) is 0 Å². The van der Waals surface area contributed by atoms with Gasteiger partial charge < -0.3 is 43.4 Å². The van der Waals surface area contributed by atoms with Crippen LogP contribution in [0.25, 0.3) is 6.08 Å². The van der Waals surface area contributed by atoms with Gasteiger partial charge in [-0.25, -0.2) is 0 Å². The molecular weight excluding hydrogens is 624 g/mol. The lowest BCUT2D eigenvalue weighted by Crippen LogP contribution is -2.41. The molecule has 1 heterocycles. The number of nitrogens with zero attached hydrogens (tertiary/aromatic N) is 1. The fourth-order valence-electron chi connectivity index (χ4n) is 5.25. The highest BCUT2D eigenvalue weighted by molar-refractivity contribution is 5.87. The molecule has 0 atom stereocenters. The van der Waals surface area contributed by atoms with E-state index in [1.54, 1.807) is 26.4 Å². The molecule has 0 spiro atoms. The SMILES string of the molecule is COCCOCOc1ccc(C=CC=CC(=O)NCCN2CCC(OC(c3ccccc3)c3ccccc3)CC2)cc1OCOCCOC. The summed E-state index contributed by atoms with van der Waals surface area (Å²) < 4.78 is 39.0. The number of methoxy groups -OCH3 is 2. The second-order valence-corrected chi connectivity index (χ2v) is 11.4. The van der Waals surface area contributed by atoms with E-state index in [-0.39, 0.29) is 31.7 Å². The van der Waals surface area contributed by atoms with Crippen LogP contribution < -0.4 is 14.8 Å². The Kier molecular flexibility index (Phi) is 17.4. The minimum Gasteiger partial charge on any atom is -0.464 e. The third-order valence-corrected chi connectivity index (χ3v) is 7.87. The monoisotopic (exact) mass is 674 g/mol. The van der Waals surface area contributed by atoms with Gasteiger partial charge in [-0.3, -0.25) is 4.79 Å². The summed E-state index contributed by atoms with van der Waals surface area (Å²) in [6, 6.07) is 26.4. The Hall–Kier alpha value is -4.03. The van der Waals surface area contributed by atoms with Gasteiger partial charge in [0, 0.05) is 46.5 Å². The summed E-state index contributed by atoms with van der Waals surface area (Å²) in [4.78, 5) is 14.8. The average molecular weight is 675 g/mol. The Balaban J connectivity index is 1.18. The summed E-state index contributed by atoms with van der Waals surface area (Å²) in [5.41, 5.74) is 3.21. The van der Waals surface area contributed by atoms with Crippen LogP contribution in [0.1, 0.15) is 35.6 Å². The highest BCUT2D eigenvalue weighted by Gasteiger charge is 2.24. The molecule has 3 aromatic carbocycles. The molecule has 1 amide bonds. The molecule has 1 aliphatic rings. The van der Waals surface area contributed by atoms with Gasteiger partial charge in [0.25, 0.3) is 0 Å². The van der Waals surface area contributed by atoms with Crippen molar-refractivity contribution >= 4 is 12.0 Å². The molecule has 1 aliphatic heterocycles. The number of carbonyl (C=O) groups is 1. The second-order valence-electron chi connectivity index (χ2n) is 11.4. The number of nitrogens with one attached hydrogen (secondary N) is 1. The van der Waals surface area contributed by atoms with Crippen molar-refractivity contribution in [3.63, 3.8) is 0 Å². The maximum atomic E-state index is 12.4. The topological polar surface area (TPSA) is 97.0 Å². The van der Waals surface area contributed by atoms with Gasteiger partial charge >= 0.3 is 0 Å². The average Bonchev–Trinajstić information content (AvgIpc) is 3.14. The van der Waals surface area contributed by atoms with E-state index in [1.165, 1.54) is 17.2 Å². The van der Waals surface area contributed by atoms with Gasteiger partial charge in [0.15, 0.2) is 25.1 Å². The van der Waals surface area contributed by atoms with Crippen LogP contribution in [0.3, 0.4) is 0 Å². The second kappa shape index (κ2) is 22.6. The third kappa shape index (κ3) is 14.2. The van der Waals surface area contributed by atoms with Crippen LogP contribution in [0, 0.1) is 0 Å². The molecule has 1 fully saturated rings. The minimum atomic E-state index is -0.133. The summed E-state index contributed by atoms with van der Waals surface area (Å²) in [5, 5.41) is 2.99. The van der Waals surface area contributed by atoms with E-state index in [4.69, 9.17) is 33.2 Å². The number of hydrogen-bond donors (Lipinski definition) is 1.